The molecule has 0 radical (unpaired) electrons. The van der Waals surface area contributed by atoms with Gasteiger partial charge in [-0.2, -0.15) is 5.26 Å². The minimum absolute atomic E-state index is 0.0137. The lowest BCUT2D eigenvalue weighted by atomic mass is 10.4. The van der Waals surface area contributed by atoms with Crippen LogP contribution in [0.5, 0.6) is 0 Å². The Balaban J connectivity index is 3.28. The Hall–Kier alpha value is -0.930. The van der Waals surface area contributed by atoms with Crippen molar-refractivity contribution in [3.8, 4) is 6.07 Å². The van der Waals surface area contributed by atoms with E-state index in [1.54, 1.807) is 13.0 Å². The van der Waals surface area contributed by atoms with Gasteiger partial charge in [-0.05, 0) is 11.5 Å². The molecule has 0 fully saturated rings. The van der Waals surface area contributed by atoms with E-state index < -0.39 is 16.4 Å². The normalized spacial score (nSPS) is 12.3. The van der Waals surface area contributed by atoms with Crippen molar-refractivity contribution in [3.63, 3.8) is 0 Å². The van der Waals surface area contributed by atoms with Crippen molar-refractivity contribution in [2.75, 3.05) is 5.75 Å². The first-order chi connectivity index (χ1) is 5.70. The number of rotatable bonds is 2. The van der Waals surface area contributed by atoms with Gasteiger partial charge in [0, 0.05) is 5.75 Å². The van der Waals surface area contributed by atoms with Crippen molar-refractivity contribution in [1.82, 2.24) is 4.37 Å². The van der Waals surface area contributed by atoms with Crippen molar-refractivity contribution in [3.05, 3.63) is 15.9 Å². The number of nitriles is 1. The van der Waals surface area contributed by atoms with E-state index in [0.29, 0.717) is 9.96 Å². The fourth-order valence-corrected chi connectivity index (χ4v) is 2.68. The van der Waals surface area contributed by atoms with Gasteiger partial charge in [0.1, 0.15) is 15.8 Å². The Morgan fingerprint density at radius 1 is 1.75 bits per heavy atom. The van der Waals surface area contributed by atoms with Crippen LogP contribution in [-0.2, 0) is 10.8 Å². The van der Waals surface area contributed by atoms with Gasteiger partial charge < -0.3 is 0 Å². The summed E-state index contributed by atoms with van der Waals surface area (Å²) in [5, 5.41) is 8.53. The van der Waals surface area contributed by atoms with E-state index in [4.69, 9.17) is 5.26 Å². The van der Waals surface area contributed by atoms with E-state index in [-0.39, 0.29) is 5.56 Å². The van der Waals surface area contributed by atoms with Crippen molar-refractivity contribution in [1.29, 1.82) is 5.26 Å². The van der Waals surface area contributed by atoms with Gasteiger partial charge in [-0.1, -0.05) is 6.92 Å². The summed E-state index contributed by atoms with van der Waals surface area (Å²) in [6.07, 6.45) is 0. The summed E-state index contributed by atoms with van der Waals surface area (Å²) in [5.41, 5.74) is -0.459. The lowest BCUT2D eigenvalue weighted by molar-refractivity contribution is 0.685. The third kappa shape index (κ3) is 1.47. The Labute approximate surface area is 75.5 Å². The average molecular weight is 202 g/mol. The Bertz CT molecular complexity index is 398. The van der Waals surface area contributed by atoms with Gasteiger partial charge in [-0.25, -0.2) is 0 Å². The Kier molecular flexibility index (Phi) is 2.78. The zero-order chi connectivity index (χ0) is 9.14. The van der Waals surface area contributed by atoms with Crippen LogP contribution >= 0.6 is 11.5 Å². The van der Waals surface area contributed by atoms with Gasteiger partial charge in [-0.15, -0.1) is 0 Å². The molecule has 6 heteroatoms. The maximum atomic E-state index is 11.2. The number of H-pyrrole nitrogens is 1. The molecule has 0 aliphatic carbocycles. The third-order valence-corrected chi connectivity index (χ3v) is 3.88. The molecular formula is C6H6N2O2S2. The number of nitrogens with zero attached hydrogens (tertiary/aromatic N) is 1. The van der Waals surface area contributed by atoms with Crippen LogP contribution in [0.4, 0.5) is 0 Å². The standard InChI is InChI=1S/C6H6N2O2S2/c1-2-12(10)6-4(3-7)5(9)8-11-6/h2H2,1H3,(H,8,9). The van der Waals surface area contributed by atoms with E-state index in [1.165, 1.54) is 0 Å². The second-order valence-electron chi connectivity index (χ2n) is 1.94. The highest BCUT2D eigenvalue weighted by Crippen LogP contribution is 2.13. The molecule has 1 rings (SSSR count). The molecule has 4 nitrogen and oxygen atoms in total. The van der Waals surface area contributed by atoms with Crippen molar-refractivity contribution in [2.45, 2.75) is 11.1 Å². The molecule has 0 amide bonds. The number of nitrogens with one attached hydrogen (secondary N) is 1. The van der Waals surface area contributed by atoms with E-state index in [2.05, 4.69) is 4.37 Å². The maximum absolute atomic E-state index is 11.2. The molecule has 0 saturated heterocycles. The second-order valence-corrected chi connectivity index (χ2v) is 4.69. The quantitative estimate of drug-likeness (QED) is 0.756. The highest BCUT2D eigenvalue weighted by atomic mass is 32.2. The first kappa shape index (κ1) is 9.16. The molecule has 1 aromatic heterocycles. The lowest BCUT2D eigenvalue weighted by Crippen LogP contribution is -2.04. The summed E-state index contributed by atoms with van der Waals surface area (Å²) in [4.78, 5) is 10.9. The molecule has 64 valence electrons. The molecule has 1 N–H and O–H groups in total. The molecule has 0 bridgehead atoms. The van der Waals surface area contributed by atoms with Crippen LogP contribution in [0, 0.1) is 11.3 Å². The summed E-state index contributed by atoms with van der Waals surface area (Å²) in [5.74, 6) is 0.419. The fourth-order valence-electron chi connectivity index (χ4n) is 0.675. The second kappa shape index (κ2) is 3.65. The van der Waals surface area contributed by atoms with Crippen LogP contribution in [0.25, 0.3) is 0 Å². The van der Waals surface area contributed by atoms with Crippen molar-refractivity contribution < 1.29 is 4.21 Å². The minimum atomic E-state index is -1.22. The molecule has 0 spiro atoms. The lowest BCUT2D eigenvalue weighted by Gasteiger charge is -1.90. The summed E-state index contributed by atoms with van der Waals surface area (Å²) < 4.78 is 13.9. The average Bonchev–Trinajstić information content (AvgIpc) is 2.45. The summed E-state index contributed by atoms with van der Waals surface area (Å²) in [7, 11) is -1.22. The molecule has 0 saturated carbocycles. The first-order valence-electron chi connectivity index (χ1n) is 3.20. The van der Waals surface area contributed by atoms with Gasteiger partial charge in [-0.3, -0.25) is 13.4 Å². The van der Waals surface area contributed by atoms with Crippen LogP contribution in [0.3, 0.4) is 0 Å². The summed E-state index contributed by atoms with van der Waals surface area (Å²) >= 11 is 0.973. The fraction of sp³-hybridized carbons (Fsp3) is 0.333. The highest BCUT2D eigenvalue weighted by molar-refractivity contribution is 7.87. The smallest absolute Gasteiger partial charge is 0.276 e. The van der Waals surface area contributed by atoms with E-state index >= 15 is 0 Å². The number of hydrogen-bond acceptors (Lipinski definition) is 4. The molecular weight excluding hydrogens is 196 g/mol. The molecule has 0 aromatic carbocycles. The third-order valence-electron chi connectivity index (χ3n) is 1.25. The minimum Gasteiger partial charge on any atom is -0.276 e. The number of aromatic nitrogens is 1. The van der Waals surface area contributed by atoms with Gasteiger partial charge in [0.15, 0.2) is 0 Å². The Morgan fingerprint density at radius 3 is 2.92 bits per heavy atom. The van der Waals surface area contributed by atoms with Crippen LogP contribution in [-0.4, -0.2) is 14.3 Å². The van der Waals surface area contributed by atoms with E-state index in [9.17, 15) is 9.00 Å². The van der Waals surface area contributed by atoms with Crippen LogP contribution in [0.15, 0.2) is 9.00 Å². The van der Waals surface area contributed by atoms with E-state index in [0.717, 1.165) is 11.5 Å². The summed E-state index contributed by atoms with van der Waals surface area (Å²) in [6.45, 7) is 1.74. The van der Waals surface area contributed by atoms with Gasteiger partial charge >= 0.3 is 0 Å². The summed E-state index contributed by atoms with van der Waals surface area (Å²) in [6, 6.07) is 1.73. The zero-order valence-electron chi connectivity index (χ0n) is 6.29. The van der Waals surface area contributed by atoms with E-state index in [1.807, 2.05) is 0 Å². The molecule has 1 heterocycles. The van der Waals surface area contributed by atoms with Gasteiger partial charge in [0.05, 0.1) is 10.8 Å². The topological polar surface area (TPSA) is 73.7 Å². The first-order valence-corrected chi connectivity index (χ1v) is 5.34. The predicted molar refractivity (Wildman–Crippen MR) is 46.6 cm³/mol. The van der Waals surface area contributed by atoms with Crippen LogP contribution in [0.2, 0.25) is 0 Å². The van der Waals surface area contributed by atoms with Crippen LogP contribution < -0.4 is 5.56 Å². The zero-order valence-corrected chi connectivity index (χ0v) is 7.92. The number of hydrogen-bond donors (Lipinski definition) is 1. The van der Waals surface area contributed by atoms with Crippen LogP contribution in [0.1, 0.15) is 12.5 Å². The monoisotopic (exact) mass is 202 g/mol. The number of aromatic amines is 1. The van der Waals surface area contributed by atoms with Gasteiger partial charge in [0.25, 0.3) is 5.56 Å². The Morgan fingerprint density at radius 2 is 2.42 bits per heavy atom. The SMILES string of the molecule is CCS(=O)c1s[nH]c(=O)c1C#N. The maximum Gasteiger partial charge on any atom is 0.277 e. The molecule has 1 atom stereocenters. The van der Waals surface area contributed by atoms with Crippen molar-refractivity contribution in [2.24, 2.45) is 0 Å². The van der Waals surface area contributed by atoms with Crippen molar-refractivity contribution >= 4 is 22.3 Å². The largest absolute Gasteiger partial charge is 0.277 e. The highest BCUT2D eigenvalue weighted by Gasteiger charge is 2.14. The molecule has 12 heavy (non-hydrogen) atoms. The molecule has 0 aliphatic rings. The van der Waals surface area contributed by atoms with Gasteiger partial charge in [0.2, 0.25) is 0 Å². The molecule has 1 aromatic rings. The molecule has 0 aliphatic heterocycles. The predicted octanol–water partition coefficient (Wildman–Crippen LogP) is 0.436. The molecule has 1 unspecified atom stereocenters.